The molecule has 0 aliphatic carbocycles. The van der Waals surface area contributed by atoms with Gasteiger partial charge in [-0.2, -0.15) is 0 Å². The first kappa shape index (κ1) is 37.6. The van der Waals surface area contributed by atoms with Crippen molar-refractivity contribution in [3.8, 4) is 0 Å². The predicted molar refractivity (Wildman–Crippen MR) is 65.4 cm³/mol. The first-order valence-corrected chi connectivity index (χ1v) is 15.2. The third-order valence-corrected chi connectivity index (χ3v) is 0. The van der Waals surface area contributed by atoms with Crippen molar-refractivity contribution >= 4 is 112 Å². The first-order valence-electron chi connectivity index (χ1n) is 0.756. The Bertz CT molecular complexity index is 20.2. The third-order valence-electron chi connectivity index (χ3n) is 0. The zero-order chi connectivity index (χ0) is 4.50. The molecule has 0 heterocycles. The minimum atomic E-state index is -3.29. The molecule has 0 saturated carbocycles. The molecule has 0 aromatic heterocycles. The molecule has 0 atom stereocenters. The summed E-state index contributed by atoms with van der Waals surface area (Å²) >= 11 is -3.29. The molecule has 0 aromatic carbocycles. The Morgan fingerprint density at radius 2 is 0.500 bits per heavy atom. The molecule has 10 heteroatoms. The number of rotatable bonds is 0. The third kappa shape index (κ3) is 106. The van der Waals surface area contributed by atoms with Crippen molar-refractivity contribution < 1.29 is 0 Å². The molecular formula is H5Cl9Sn. The van der Waals surface area contributed by atoms with Crippen LogP contribution in [0.3, 0.4) is 0 Å². The summed E-state index contributed by atoms with van der Waals surface area (Å²) in [5.74, 6) is 0. The van der Waals surface area contributed by atoms with E-state index in [2.05, 4.69) is 0 Å². The molecule has 0 amide bonds. The maximum atomic E-state index is 5.04. The van der Waals surface area contributed by atoms with Gasteiger partial charge >= 0.3 is 49.6 Å². The monoisotopic (exact) mass is 440 g/mol. The Morgan fingerprint density at radius 3 is 0.500 bits per heavy atom. The Kier molecular flexibility index (Phi) is 68.6. The standard InChI is InChI=1S/9ClH.Sn/h9*1H;/q;;;;;;;;;+4/p-4. The molecule has 0 radical (unpaired) electrons. The second-order valence-corrected chi connectivity index (χ2v) is 25.9. The van der Waals surface area contributed by atoms with Crippen LogP contribution in [-0.4, -0.2) is 13.9 Å². The molecule has 0 aromatic rings. The van der Waals surface area contributed by atoms with Gasteiger partial charge in [0, 0.05) is 0 Å². The topological polar surface area (TPSA) is 0 Å². The van der Waals surface area contributed by atoms with Crippen LogP contribution >= 0.6 is 97.7 Å². The predicted octanol–water partition coefficient (Wildman–Crippen LogP) is 4.49. The Labute approximate surface area is 110 Å². The van der Waals surface area contributed by atoms with Crippen molar-refractivity contribution in [3.63, 3.8) is 0 Å². The van der Waals surface area contributed by atoms with Crippen LogP contribution in [0, 0.1) is 0 Å². The van der Waals surface area contributed by atoms with Crippen molar-refractivity contribution in [1.82, 2.24) is 0 Å². The summed E-state index contributed by atoms with van der Waals surface area (Å²) in [7, 11) is 20.1. The average Bonchev–Trinajstić information content (AvgIpc) is 0.722. The van der Waals surface area contributed by atoms with Gasteiger partial charge < -0.3 is 0 Å². The zero-order valence-electron chi connectivity index (χ0n) is 4.05. The zero-order valence-corrected chi connectivity index (χ0v) is 14.0. The van der Waals surface area contributed by atoms with Gasteiger partial charge in [0.2, 0.25) is 0 Å². The molecule has 0 saturated heterocycles. The van der Waals surface area contributed by atoms with E-state index in [4.69, 9.17) is 35.7 Å². The van der Waals surface area contributed by atoms with Crippen LogP contribution in [0.25, 0.3) is 0 Å². The average molecular weight is 443 g/mol. The number of halogens is 9. The fourth-order valence-corrected chi connectivity index (χ4v) is 0. The maximum absolute atomic E-state index is 5.04. The number of hydrogen-bond acceptors (Lipinski definition) is 0. The summed E-state index contributed by atoms with van der Waals surface area (Å²) in [6.07, 6.45) is 0. The van der Waals surface area contributed by atoms with Gasteiger partial charge in [-0.3, -0.25) is 0 Å². The van der Waals surface area contributed by atoms with Gasteiger partial charge in [0.15, 0.2) is 0 Å². The van der Waals surface area contributed by atoms with Crippen LogP contribution in [0.5, 0.6) is 0 Å². The Morgan fingerprint density at radius 1 is 0.500 bits per heavy atom. The summed E-state index contributed by atoms with van der Waals surface area (Å²) in [6.45, 7) is 0. The molecule has 0 aliphatic rings. The van der Waals surface area contributed by atoms with E-state index in [0.29, 0.717) is 0 Å². The molecule has 0 nitrogen and oxygen atoms in total. The number of hydrogen-bond donors (Lipinski definition) is 0. The van der Waals surface area contributed by atoms with E-state index in [9.17, 15) is 0 Å². The van der Waals surface area contributed by atoms with Crippen molar-refractivity contribution in [3.05, 3.63) is 0 Å². The molecule has 0 aliphatic heterocycles. The van der Waals surface area contributed by atoms with Gasteiger partial charge in [-0.15, -0.1) is 62.0 Å². The van der Waals surface area contributed by atoms with Gasteiger partial charge in [0.05, 0.1) is 0 Å². The van der Waals surface area contributed by atoms with E-state index < -0.39 is 13.9 Å². The second kappa shape index (κ2) is 18.2. The van der Waals surface area contributed by atoms with Gasteiger partial charge in [-0.05, 0) is 0 Å². The van der Waals surface area contributed by atoms with Crippen molar-refractivity contribution in [2.75, 3.05) is 0 Å². The summed E-state index contributed by atoms with van der Waals surface area (Å²) in [5, 5.41) is 0. The van der Waals surface area contributed by atoms with E-state index in [1.807, 2.05) is 0 Å². The molecular weight excluding hydrogens is 438 g/mol. The van der Waals surface area contributed by atoms with Crippen LogP contribution in [0.2, 0.25) is 0 Å². The fourth-order valence-electron chi connectivity index (χ4n) is 0. The van der Waals surface area contributed by atoms with Crippen LogP contribution in [-0.2, 0) is 0 Å². The molecule has 0 fully saturated rings. The van der Waals surface area contributed by atoms with Gasteiger partial charge in [-0.25, -0.2) is 0 Å². The van der Waals surface area contributed by atoms with Crippen LogP contribution in [0.4, 0.5) is 0 Å². The van der Waals surface area contributed by atoms with Crippen LogP contribution in [0.15, 0.2) is 0 Å². The SMILES string of the molecule is Cl.Cl.Cl.Cl.Cl.[Cl][Sn]([Cl])([Cl])[Cl]. The Hall–Kier alpha value is 3.41. The normalized spacial score (nSPS) is 6.00. The molecule has 72 valence electrons. The Balaban J connectivity index is -0.00000000800. The molecule has 0 bridgehead atoms. The van der Waals surface area contributed by atoms with Gasteiger partial charge in [0.1, 0.15) is 0 Å². The van der Waals surface area contributed by atoms with Crippen LogP contribution in [0.1, 0.15) is 0 Å². The molecule has 0 unspecified atom stereocenters. The van der Waals surface area contributed by atoms with Crippen LogP contribution < -0.4 is 0 Å². The quantitative estimate of drug-likeness (QED) is 0.485. The molecule has 0 spiro atoms. The fraction of sp³-hybridized carbons (Fsp3) is 0. The van der Waals surface area contributed by atoms with E-state index in [1.165, 1.54) is 0 Å². The van der Waals surface area contributed by atoms with Crippen molar-refractivity contribution in [2.24, 2.45) is 0 Å². The summed E-state index contributed by atoms with van der Waals surface area (Å²) in [4.78, 5) is 0. The first-order chi connectivity index (χ1) is 2.00. The molecule has 10 heavy (non-hydrogen) atoms. The van der Waals surface area contributed by atoms with Gasteiger partial charge in [0.25, 0.3) is 0 Å². The van der Waals surface area contributed by atoms with E-state index >= 15 is 0 Å². The van der Waals surface area contributed by atoms with E-state index in [-0.39, 0.29) is 62.0 Å². The second-order valence-electron chi connectivity index (χ2n) is 0.429. The molecule has 0 rings (SSSR count). The summed E-state index contributed by atoms with van der Waals surface area (Å²) in [5.41, 5.74) is 0. The van der Waals surface area contributed by atoms with Gasteiger partial charge in [-0.1, -0.05) is 0 Å². The van der Waals surface area contributed by atoms with E-state index in [0.717, 1.165) is 0 Å². The molecule has 0 N–H and O–H groups in total. The van der Waals surface area contributed by atoms with Crippen molar-refractivity contribution in [2.45, 2.75) is 0 Å². The van der Waals surface area contributed by atoms with E-state index in [1.54, 1.807) is 0 Å². The summed E-state index contributed by atoms with van der Waals surface area (Å²) in [6, 6.07) is 0. The van der Waals surface area contributed by atoms with Crippen molar-refractivity contribution in [1.29, 1.82) is 0 Å². The minimum absolute atomic E-state index is 0. The summed E-state index contributed by atoms with van der Waals surface area (Å²) < 4.78 is 0.